The van der Waals surface area contributed by atoms with Gasteiger partial charge in [-0.05, 0) is 18.5 Å². The highest BCUT2D eigenvalue weighted by Gasteiger charge is 2.56. The number of nitrogens with zero attached hydrogens (tertiary/aromatic N) is 5. The maximum Gasteiger partial charge on any atom is 0.349 e. The fourth-order valence-corrected chi connectivity index (χ4v) is 1.97. The molecule has 1 aromatic heterocycles. The van der Waals surface area contributed by atoms with Gasteiger partial charge in [0.1, 0.15) is 6.10 Å². The van der Waals surface area contributed by atoms with Crippen LogP contribution in [-0.2, 0) is 4.74 Å². The summed E-state index contributed by atoms with van der Waals surface area (Å²) >= 11 is 0. The Hall–Kier alpha value is -2.00. The van der Waals surface area contributed by atoms with Crippen molar-refractivity contribution in [3.05, 3.63) is 38.9 Å². The Morgan fingerprint density at radius 1 is 1.75 bits per heavy atom. The Morgan fingerprint density at radius 2 is 2.45 bits per heavy atom. The Labute approximate surface area is 111 Å². The SMILES string of the molecule is Cc1ccn([C@@H]2O[C@@](CO)(N=[N+]=[N-])[C@@H](O)[C@@H]2F)c(=O)n1. The molecule has 20 heavy (non-hydrogen) atoms. The number of ether oxygens (including phenoxy) is 1. The van der Waals surface area contributed by atoms with Gasteiger partial charge in [0.05, 0.1) is 6.61 Å². The zero-order valence-corrected chi connectivity index (χ0v) is 10.4. The molecular weight excluding hydrogens is 273 g/mol. The Bertz CT molecular complexity index is 616. The van der Waals surface area contributed by atoms with Gasteiger partial charge in [-0.15, -0.1) is 0 Å². The summed E-state index contributed by atoms with van der Waals surface area (Å²) in [6, 6.07) is 1.45. The lowest BCUT2D eigenvalue weighted by Gasteiger charge is -2.23. The van der Waals surface area contributed by atoms with Gasteiger partial charge < -0.3 is 14.9 Å². The van der Waals surface area contributed by atoms with Crippen molar-refractivity contribution in [3.8, 4) is 0 Å². The molecule has 0 amide bonds. The first-order valence-electron chi connectivity index (χ1n) is 5.68. The molecule has 10 heteroatoms. The van der Waals surface area contributed by atoms with Crippen LogP contribution in [0.1, 0.15) is 11.9 Å². The van der Waals surface area contributed by atoms with Gasteiger partial charge in [0.2, 0.25) is 5.72 Å². The number of hydrogen-bond donors (Lipinski definition) is 2. The molecule has 0 spiro atoms. The number of rotatable bonds is 3. The summed E-state index contributed by atoms with van der Waals surface area (Å²) in [7, 11) is 0. The van der Waals surface area contributed by atoms with Crippen LogP contribution < -0.4 is 5.69 Å². The second-order valence-electron chi connectivity index (χ2n) is 4.35. The lowest BCUT2D eigenvalue weighted by Crippen LogP contribution is -2.43. The number of aryl methyl sites for hydroxylation is 1. The van der Waals surface area contributed by atoms with Gasteiger partial charge in [-0.3, -0.25) is 4.57 Å². The zero-order chi connectivity index (χ0) is 14.9. The van der Waals surface area contributed by atoms with E-state index >= 15 is 0 Å². The fraction of sp³-hybridized carbons (Fsp3) is 0.600. The molecule has 1 aliphatic heterocycles. The third-order valence-electron chi connectivity index (χ3n) is 3.04. The zero-order valence-electron chi connectivity index (χ0n) is 10.4. The van der Waals surface area contributed by atoms with Crippen molar-refractivity contribution in [3.63, 3.8) is 0 Å². The quantitative estimate of drug-likeness (QED) is 0.450. The van der Waals surface area contributed by atoms with Gasteiger partial charge >= 0.3 is 5.69 Å². The summed E-state index contributed by atoms with van der Waals surface area (Å²) in [5.74, 6) is 0. The van der Waals surface area contributed by atoms with Crippen LogP contribution >= 0.6 is 0 Å². The molecule has 1 fully saturated rings. The third kappa shape index (κ3) is 2.14. The number of aliphatic hydroxyl groups is 2. The molecule has 9 nitrogen and oxygen atoms in total. The van der Waals surface area contributed by atoms with E-state index in [1.165, 1.54) is 12.3 Å². The number of aliphatic hydroxyl groups excluding tert-OH is 2. The lowest BCUT2D eigenvalue weighted by molar-refractivity contribution is -0.124. The molecule has 2 rings (SSSR count). The van der Waals surface area contributed by atoms with E-state index in [0.29, 0.717) is 5.69 Å². The van der Waals surface area contributed by atoms with E-state index in [1.807, 2.05) is 0 Å². The summed E-state index contributed by atoms with van der Waals surface area (Å²) < 4.78 is 20.0. The number of aromatic nitrogens is 2. The maximum absolute atomic E-state index is 14.1. The van der Waals surface area contributed by atoms with Crippen LogP contribution in [0.25, 0.3) is 10.4 Å². The Kier molecular flexibility index (Phi) is 3.73. The average Bonchev–Trinajstić information content (AvgIpc) is 2.65. The lowest BCUT2D eigenvalue weighted by atomic mass is 10.1. The van der Waals surface area contributed by atoms with Crippen molar-refractivity contribution in [2.75, 3.05) is 6.61 Å². The van der Waals surface area contributed by atoms with Crippen molar-refractivity contribution in [2.45, 2.75) is 31.2 Å². The van der Waals surface area contributed by atoms with E-state index in [1.54, 1.807) is 6.92 Å². The summed E-state index contributed by atoms with van der Waals surface area (Å²) in [5, 5.41) is 22.1. The molecule has 0 saturated carbocycles. The second-order valence-corrected chi connectivity index (χ2v) is 4.35. The molecule has 0 bridgehead atoms. The molecule has 1 saturated heterocycles. The van der Waals surface area contributed by atoms with Crippen molar-refractivity contribution in [1.29, 1.82) is 0 Å². The van der Waals surface area contributed by atoms with Crippen LogP contribution in [0.3, 0.4) is 0 Å². The molecular formula is C10H12FN5O4. The van der Waals surface area contributed by atoms with Crippen molar-refractivity contribution < 1.29 is 19.3 Å². The molecule has 2 heterocycles. The molecule has 0 aromatic carbocycles. The van der Waals surface area contributed by atoms with Gasteiger partial charge in [-0.25, -0.2) is 9.18 Å². The van der Waals surface area contributed by atoms with Crippen molar-refractivity contribution >= 4 is 0 Å². The summed E-state index contributed by atoms with van der Waals surface area (Å²) in [6.45, 7) is 0.657. The summed E-state index contributed by atoms with van der Waals surface area (Å²) in [6.07, 6.45) is -4.25. The van der Waals surface area contributed by atoms with Crippen LogP contribution in [0.5, 0.6) is 0 Å². The van der Waals surface area contributed by atoms with Crippen molar-refractivity contribution in [2.24, 2.45) is 5.11 Å². The topological polar surface area (TPSA) is 133 Å². The number of hydrogen-bond acceptors (Lipinski definition) is 6. The van der Waals surface area contributed by atoms with E-state index in [4.69, 9.17) is 10.3 Å². The van der Waals surface area contributed by atoms with Crippen LogP contribution in [0.15, 0.2) is 22.2 Å². The Morgan fingerprint density at radius 3 is 3.00 bits per heavy atom. The van der Waals surface area contributed by atoms with Gasteiger partial charge in [-0.2, -0.15) is 4.98 Å². The molecule has 0 unspecified atom stereocenters. The van der Waals surface area contributed by atoms with Crippen LogP contribution in [-0.4, -0.2) is 44.4 Å². The predicted octanol–water partition coefficient (Wildman–Crippen LogP) is -0.222. The highest BCUT2D eigenvalue weighted by atomic mass is 19.1. The van der Waals surface area contributed by atoms with Gasteiger partial charge in [0.25, 0.3) is 0 Å². The fourth-order valence-electron chi connectivity index (χ4n) is 1.97. The molecule has 1 aliphatic rings. The van der Waals surface area contributed by atoms with Crippen LogP contribution in [0.2, 0.25) is 0 Å². The van der Waals surface area contributed by atoms with E-state index < -0.39 is 36.5 Å². The minimum Gasteiger partial charge on any atom is -0.393 e. The van der Waals surface area contributed by atoms with E-state index in [0.717, 1.165) is 4.57 Å². The van der Waals surface area contributed by atoms with E-state index in [2.05, 4.69) is 15.0 Å². The average molecular weight is 285 g/mol. The number of halogens is 1. The molecule has 0 radical (unpaired) electrons. The predicted molar refractivity (Wildman–Crippen MR) is 63.2 cm³/mol. The Balaban J connectivity index is 2.45. The van der Waals surface area contributed by atoms with Gasteiger partial charge in [0.15, 0.2) is 12.4 Å². The van der Waals surface area contributed by atoms with Crippen LogP contribution in [0.4, 0.5) is 4.39 Å². The summed E-state index contributed by atoms with van der Waals surface area (Å²) in [5.41, 5.74) is 5.92. The van der Waals surface area contributed by atoms with Crippen LogP contribution in [0, 0.1) is 6.92 Å². The molecule has 0 aliphatic carbocycles. The first-order chi connectivity index (χ1) is 9.45. The van der Waals surface area contributed by atoms with Gasteiger partial charge in [0, 0.05) is 16.8 Å². The largest absolute Gasteiger partial charge is 0.393 e. The maximum atomic E-state index is 14.1. The highest BCUT2D eigenvalue weighted by Crippen LogP contribution is 2.39. The minimum absolute atomic E-state index is 0.434. The third-order valence-corrected chi connectivity index (χ3v) is 3.04. The van der Waals surface area contributed by atoms with E-state index in [9.17, 15) is 19.4 Å². The molecule has 108 valence electrons. The highest BCUT2D eigenvalue weighted by molar-refractivity contribution is 5.03. The second kappa shape index (κ2) is 5.17. The molecule has 2 N–H and O–H groups in total. The van der Waals surface area contributed by atoms with Crippen molar-refractivity contribution in [1.82, 2.24) is 9.55 Å². The first-order valence-corrected chi connectivity index (χ1v) is 5.68. The monoisotopic (exact) mass is 285 g/mol. The number of alkyl halides is 1. The van der Waals surface area contributed by atoms with E-state index in [-0.39, 0.29) is 0 Å². The van der Waals surface area contributed by atoms with Gasteiger partial charge in [-0.1, -0.05) is 5.11 Å². The molecule has 1 aromatic rings. The normalized spacial score (nSPS) is 32.9. The number of azide groups is 1. The summed E-state index contributed by atoms with van der Waals surface area (Å²) in [4.78, 5) is 17.7. The molecule has 4 atom stereocenters. The smallest absolute Gasteiger partial charge is 0.349 e. The minimum atomic E-state index is -2.16. The standard InChI is InChI=1S/C10H12FN5O4/c1-5-2-3-16(9(19)13-5)8-6(11)7(18)10(4-17,20-8)14-15-12/h2-3,6-8,17-18H,4H2,1H3/t6-,7-,8+,10+/m0/s1. The first kappa shape index (κ1) is 14.4.